The second-order valence-corrected chi connectivity index (χ2v) is 5.01. The van der Waals surface area contributed by atoms with Crippen LogP contribution in [0.25, 0.3) is 0 Å². The van der Waals surface area contributed by atoms with E-state index in [0.29, 0.717) is 18.7 Å². The maximum atomic E-state index is 11.9. The lowest BCUT2D eigenvalue weighted by molar-refractivity contribution is -0.139. The van der Waals surface area contributed by atoms with Crippen molar-refractivity contribution in [3.8, 4) is 5.75 Å². The fourth-order valence-electron chi connectivity index (χ4n) is 1.93. The summed E-state index contributed by atoms with van der Waals surface area (Å²) in [7, 11) is 1.48. The third-order valence-electron chi connectivity index (χ3n) is 3.18. The van der Waals surface area contributed by atoms with Gasteiger partial charge in [0, 0.05) is 19.7 Å². The van der Waals surface area contributed by atoms with Crippen LogP contribution in [0.4, 0.5) is 0 Å². The van der Waals surface area contributed by atoms with Gasteiger partial charge in [-0.1, -0.05) is 12.1 Å². The first-order valence-electron chi connectivity index (χ1n) is 7.22. The molecule has 2 aromatic rings. The smallest absolute Gasteiger partial charge is 0.341 e. The number of ether oxygens (including phenoxy) is 1. The van der Waals surface area contributed by atoms with Gasteiger partial charge in [0.25, 0.3) is 11.5 Å². The molecule has 0 aliphatic carbocycles. The Hall–Kier alpha value is -3.16. The second kappa shape index (κ2) is 7.91. The molecule has 0 aliphatic rings. The molecule has 126 valence electrons. The number of hydrogen-bond donors (Lipinski definition) is 2. The van der Waals surface area contributed by atoms with Gasteiger partial charge in [-0.3, -0.25) is 9.59 Å². The zero-order valence-electron chi connectivity index (χ0n) is 13.1. The number of carbonyl (C=O) groups is 2. The van der Waals surface area contributed by atoms with Gasteiger partial charge in [-0.15, -0.1) is 0 Å². The number of nitrogens with zero attached hydrogens (tertiary/aromatic N) is 2. The highest BCUT2D eigenvalue weighted by atomic mass is 16.5. The van der Waals surface area contributed by atoms with Crippen LogP contribution in [0.2, 0.25) is 0 Å². The lowest BCUT2D eigenvalue weighted by Crippen LogP contribution is -2.29. The van der Waals surface area contributed by atoms with Crippen LogP contribution in [0.15, 0.2) is 41.2 Å². The van der Waals surface area contributed by atoms with Crippen molar-refractivity contribution in [2.45, 2.75) is 6.42 Å². The fraction of sp³-hybridized carbons (Fsp3) is 0.250. The zero-order chi connectivity index (χ0) is 17.5. The minimum absolute atomic E-state index is 0.175. The van der Waals surface area contributed by atoms with Crippen LogP contribution in [0.5, 0.6) is 5.75 Å². The third-order valence-corrected chi connectivity index (χ3v) is 3.18. The van der Waals surface area contributed by atoms with E-state index in [4.69, 9.17) is 9.84 Å². The standard InChI is InChI=1S/C16H17N3O5/c1-19-14(20)7-6-13(18-19)16(23)17-9-8-11-2-4-12(5-3-11)24-10-15(21)22/h2-7H,8-10H2,1H3,(H,17,23)(H,21,22). The van der Waals surface area contributed by atoms with Crippen molar-refractivity contribution < 1.29 is 19.4 Å². The molecule has 8 heteroatoms. The molecule has 0 atom stereocenters. The van der Waals surface area contributed by atoms with E-state index in [-0.39, 0.29) is 23.8 Å². The van der Waals surface area contributed by atoms with Crippen molar-refractivity contribution in [2.24, 2.45) is 7.05 Å². The molecule has 0 spiro atoms. The van der Waals surface area contributed by atoms with E-state index < -0.39 is 5.97 Å². The molecule has 1 heterocycles. The van der Waals surface area contributed by atoms with Gasteiger partial charge in [-0.05, 0) is 30.2 Å². The summed E-state index contributed by atoms with van der Waals surface area (Å²) in [5.74, 6) is -0.916. The van der Waals surface area contributed by atoms with Gasteiger partial charge in [0.15, 0.2) is 6.61 Å². The van der Waals surface area contributed by atoms with Crippen molar-refractivity contribution in [2.75, 3.05) is 13.2 Å². The van der Waals surface area contributed by atoms with Crippen molar-refractivity contribution >= 4 is 11.9 Å². The molecular formula is C16H17N3O5. The average Bonchev–Trinajstić information content (AvgIpc) is 2.56. The van der Waals surface area contributed by atoms with E-state index in [0.717, 1.165) is 10.2 Å². The van der Waals surface area contributed by atoms with Crippen LogP contribution in [0.3, 0.4) is 0 Å². The van der Waals surface area contributed by atoms with Gasteiger partial charge < -0.3 is 15.2 Å². The second-order valence-electron chi connectivity index (χ2n) is 5.01. The number of aryl methyl sites for hydroxylation is 1. The number of benzene rings is 1. The number of carboxylic acids is 1. The molecule has 0 aliphatic heterocycles. The number of aliphatic carboxylic acids is 1. The van der Waals surface area contributed by atoms with E-state index in [2.05, 4.69) is 10.4 Å². The molecule has 0 fully saturated rings. The molecule has 0 radical (unpaired) electrons. The Labute approximate surface area is 137 Å². The Morgan fingerprint density at radius 1 is 1.21 bits per heavy atom. The van der Waals surface area contributed by atoms with Crippen molar-refractivity contribution in [3.05, 3.63) is 58.0 Å². The van der Waals surface area contributed by atoms with Crippen molar-refractivity contribution in [3.63, 3.8) is 0 Å². The van der Waals surface area contributed by atoms with E-state index >= 15 is 0 Å². The van der Waals surface area contributed by atoms with Gasteiger partial charge in [0.1, 0.15) is 11.4 Å². The number of rotatable bonds is 7. The first-order chi connectivity index (χ1) is 11.5. The summed E-state index contributed by atoms with van der Waals surface area (Å²) < 4.78 is 6.14. The Kier molecular flexibility index (Phi) is 5.67. The Morgan fingerprint density at radius 3 is 2.54 bits per heavy atom. The summed E-state index contributed by atoms with van der Waals surface area (Å²) in [4.78, 5) is 33.6. The first-order valence-corrected chi connectivity index (χ1v) is 7.22. The highest BCUT2D eigenvalue weighted by Gasteiger charge is 2.08. The summed E-state index contributed by atoms with van der Waals surface area (Å²) in [5.41, 5.74) is 0.859. The van der Waals surface area contributed by atoms with Gasteiger partial charge in [0.2, 0.25) is 0 Å². The minimum atomic E-state index is -1.03. The van der Waals surface area contributed by atoms with E-state index in [1.807, 2.05) is 0 Å². The number of nitrogens with one attached hydrogen (secondary N) is 1. The lowest BCUT2D eigenvalue weighted by Gasteiger charge is -2.07. The van der Waals surface area contributed by atoms with Crippen LogP contribution in [0, 0.1) is 0 Å². The van der Waals surface area contributed by atoms with Crippen LogP contribution in [0.1, 0.15) is 16.1 Å². The molecule has 2 N–H and O–H groups in total. The van der Waals surface area contributed by atoms with Gasteiger partial charge in [-0.25, -0.2) is 9.48 Å². The van der Waals surface area contributed by atoms with E-state index in [1.54, 1.807) is 24.3 Å². The van der Waals surface area contributed by atoms with Crippen LogP contribution >= 0.6 is 0 Å². The highest BCUT2D eigenvalue weighted by molar-refractivity contribution is 5.91. The number of hydrogen-bond acceptors (Lipinski definition) is 5. The summed E-state index contributed by atoms with van der Waals surface area (Å²) in [6.45, 7) is 0.0145. The quantitative estimate of drug-likeness (QED) is 0.751. The molecule has 0 saturated carbocycles. The Morgan fingerprint density at radius 2 is 1.92 bits per heavy atom. The summed E-state index contributed by atoms with van der Waals surface area (Å²) in [6.07, 6.45) is 0.594. The maximum absolute atomic E-state index is 11.9. The molecule has 0 saturated heterocycles. The van der Waals surface area contributed by atoms with Gasteiger partial charge in [-0.2, -0.15) is 5.10 Å². The predicted octanol–water partition coefficient (Wildman–Crippen LogP) is 0.216. The van der Waals surface area contributed by atoms with E-state index in [1.165, 1.54) is 19.2 Å². The molecular weight excluding hydrogens is 314 g/mol. The minimum Gasteiger partial charge on any atom is -0.482 e. The van der Waals surface area contributed by atoms with Gasteiger partial charge >= 0.3 is 5.97 Å². The normalized spacial score (nSPS) is 10.2. The summed E-state index contributed by atoms with van der Waals surface area (Å²) in [6, 6.07) is 9.62. The van der Waals surface area contributed by atoms with E-state index in [9.17, 15) is 14.4 Å². The molecule has 0 bridgehead atoms. The number of aromatic nitrogens is 2. The predicted molar refractivity (Wildman–Crippen MR) is 85.1 cm³/mol. The van der Waals surface area contributed by atoms with Crippen molar-refractivity contribution in [1.29, 1.82) is 0 Å². The molecule has 0 unspecified atom stereocenters. The largest absolute Gasteiger partial charge is 0.482 e. The monoisotopic (exact) mass is 331 g/mol. The van der Waals surface area contributed by atoms with Crippen molar-refractivity contribution in [1.82, 2.24) is 15.1 Å². The molecule has 2 rings (SSSR count). The Balaban J connectivity index is 1.82. The topological polar surface area (TPSA) is 111 Å². The maximum Gasteiger partial charge on any atom is 0.341 e. The zero-order valence-corrected chi connectivity index (χ0v) is 13.1. The number of amides is 1. The molecule has 8 nitrogen and oxygen atoms in total. The van der Waals surface area contributed by atoms with Gasteiger partial charge in [0.05, 0.1) is 0 Å². The highest BCUT2D eigenvalue weighted by Crippen LogP contribution is 2.12. The van der Waals surface area contributed by atoms with Crippen LogP contribution in [-0.2, 0) is 18.3 Å². The molecule has 1 aromatic carbocycles. The first kappa shape index (κ1) is 17.2. The molecule has 24 heavy (non-hydrogen) atoms. The fourth-order valence-corrected chi connectivity index (χ4v) is 1.93. The number of carbonyl (C=O) groups excluding carboxylic acids is 1. The van der Waals surface area contributed by atoms with Crippen LogP contribution < -0.4 is 15.6 Å². The third kappa shape index (κ3) is 4.94. The van der Waals surface area contributed by atoms with Crippen LogP contribution in [-0.4, -0.2) is 39.9 Å². The Bertz CT molecular complexity index is 783. The SMILES string of the molecule is Cn1nc(C(=O)NCCc2ccc(OCC(=O)O)cc2)ccc1=O. The lowest BCUT2D eigenvalue weighted by atomic mass is 10.1. The molecule has 1 amide bonds. The summed E-state index contributed by atoms with van der Waals surface area (Å²) in [5, 5.41) is 15.1. The molecule has 1 aromatic heterocycles. The number of carboxylic acid groups (broad SMARTS) is 1. The average molecular weight is 331 g/mol. The summed E-state index contributed by atoms with van der Waals surface area (Å²) >= 11 is 0.